The Hall–Kier alpha value is -0.820. The lowest BCUT2D eigenvalue weighted by atomic mass is 9.78. The van der Waals surface area contributed by atoms with Gasteiger partial charge in [-0.25, -0.2) is 0 Å². The van der Waals surface area contributed by atoms with Gasteiger partial charge in [0.05, 0.1) is 0 Å². The summed E-state index contributed by atoms with van der Waals surface area (Å²) in [6.45, 7) is 2.29. The Morgan fingerprint density at radius 1 is 1.36 bits per heavy atom. The van der Waals surface area contributed by atoms with E-state index in [4.69, 9.17) is 0 Å². The molecule has 1 aliphatic rings. The maximum atomic E-state index is 3.46. The van der Waals surface area contributed by atoms with E-state index in [1.165, 1.54) is 30.4 Å². The van der Waals surface area contributed by atoms with E-state index in [2.05, 4.69) is 43.6 Å². The van der Waals surface area contributed by atoms with E-state index in [9.17, 15) is 0 Å². The van der Waals surface area contributed by atoms with Gasteiger partial charge in [0.1, 0.15) is 0 Å². The highest BCUT2D eigenvalue weighted by molar-refractivity contribution is 5.32. The van der Waals surface area contributed by atoms with Crippen molar-refractivity contribution in [3.8, 4) is 0 Å². The fraction of sp³-hybridized carbons (Fsp3) is 0.538. The van der Waals surface area contributed by atoms with Gasteiger partial charge in [-0.1, -0.05) is 37.6 Å². The molecule has 76 valence electrons. The average molecular weight is 189 g/mol. The van der Waals surface area contributed by atoms with E-state index in [0.29, 0.717) is 6.04 Å². The van der Waals surface area contributed by atoms with Gasteiger partial charge >= 0.3 is 0 Å². The van der Waals surface area contributed by atoms with Crippen LogP contribution in [0, 0.1) is 5.92 Å². The summed E-state index contributed by atoms with van der Waals surface area (Å²) in [6, 6.07) is 9.42. The topological polar surface area (TPSA) is 12.0 Å². The molecule has 0 saturated carbocycles. The lowest BCUT2D eigenvalue weighted by molar-refractivity contribution is 0.327. The molecule has 0 aliphatic heterocycles. The van der Waals surface area contributed by atoms with Gasteiger partial charge in [0.2, 0.25) is 0 Å². The molecule has 0 heterocycles. The van der Waals surface area contributed by atoms with Crippen molar-refractivity contribution >= 4 is 0 Å². The molecule has 0 bridgehead atoms. The lowest BCUT2D eigenvalue weighted by Crippen LogP contribution is -2.29. The number of fused-ring (bicyclic) bond motifs is 1. The Balaban J connectivity index is 2.34. The molecule has 0 fully saturated rings. The largest absolute Gasteiger partial charge is 0.313 e. The lowest BCUT2D eigenvalue weighted by Gasteiger charge is -2.32. The van der Waals surface area contributed by atoms with Gasteiger partial charge in [-0.05, 0) is 36.9 Å². The van der Waals surface area contributed by atoms with E-state index in [0.717, 1.165) is 5.92 Å². The molecule has 0 amide bonds. The summed E-state index contributed by atoms with van der Waals surface area (Å²) in [4.78, 5) is 0. The van der Waals surface area contributed by atoms with Crippen molar-refractivity contribution in [1.29, 1.82) is 0 Å². The van der Waals surface area contributed by atoms with E-state index >= 15 is 0 Å². The number of nitrogens with one attached hydrogen (secondary N) is 1. The number of aryl methyl sites for hydroxylation is 1. The Bertz CT molecular complexity index is 306. The van der Waals surface area contributed by atoms with Crippen LogP contribution in [0.15, 0.2) is 24.3 Å². The first-order valence-electron chi connectivity index (χ1n) is 5.62. The molecule has 2 rings (SSSR count). The minimum Gasteiger partial charge on any atom is -0.313 e. The molecular weight excluding hydrogens is 170 g/mol. The molecule has 2 unspecified atom stereocenters. The van der Waals surface area contributed by atoms with Crippen LogP contribution >= 0.6 is 0 Å². The molecular formula is C13H19N. The van der Waals surface area contributed by atoms with Gasteiger partial charge < -0.3 is 5.32 Å². The summed E-state index contributed by atoms with van der Waals surface area (Å²) in [5, 5.41) is 3.46. The second kappa shape index (κ2) is 4.14. The predicted octanol–water partition coefficient (Wildman–Crippen LogP) is 2.92. The Morgan fingerprint density at radius 3 is 2.86 bits per heavy atom. The fourth-order valence-electron chi connectivity index (χ4n) is 2.66. The highest BCUT2D eigenvalue weighted by Crippen LogP contribution is 2.35. The quantitative estimate of drug-likeness (QED) is 0.754. The summed E-state index contributed by atoms with van der Waals surface area (Å²) in [5.41, 5.74) is 3.06. The zero-order valence-electron chi connectivity index (χ0n) is 9.09. The maximum absolute atomic E-state index is 3.46. The van der Waals surface area contributed by atoms with Crippen LogP contribution < -0.4 is 5.32 Å². The number of rotatable bonds is 2. The molecule has 0 aromatic heterocycles. The first-order chi connectivity index (χ1) is 6.86. The van der Waals surface area contributed by atoms with Gasteiger partial charge in [0, 0.05) is 6.04 Å². The maximum Gasteiger partial charge on any atom is 0.0348 e. The molecule has 1 aromatic rings. The van der Waals surface area contributed by atoms with Crippen molar-refractivity contribution < 1.29 is 0 Å². The third-order valence-corrected chi connectivity index (χ3v) is 3.48. The van der Waals surface area contributed by atoms with Crippen molar-refractivity contribution in [2.45, 2.75) is 32.2 Å². The SMILES string of the molecule is CCC1CCc2ccccc2C1NC. The number of hydrogen-bond donors (Lipinski definition) is 1. The second-order valence-electron chi connectivity index (χ2n) is 4.17. The van der Waals surface area contributed by atoms with E-state index in [1.54, 1.807) is 0 Å². The molecule has 2 atom stereocenters. The molecule has 1 heteroatoms. The van der Waals surface area contributed by atoms with E-state index in [1.807, 2.05) is 0 Å². The van der Waals surface area contributed by atoms with Crippen molar-refractivity contribution in [2.24, 2.45) is 5.92 Å². The van der Waals surface area contributed by atoms with E-state index < -0.39 is 0 Å². The minimum absolute atomic E-state index is 0.574. The van der Waals surface area contributed by atoms with Crippen molar-refractivity contribution in [3.05, 3.63) is 35.4 Å². The molecule has 1 aromatic carbocycles. The van der Waals surface area contributed by atoms with E-state index in [-0.39, 0.29) is 0 Å². The Kier molecular flexibility index (Phi) is 2.87. The third-order valence-electron chi connectivity index (χ3n) is 3.48. The molecule has 1 nitrogen and oxygen atoms in total. The van der Waals surface area contributed by atoms with Crippen LogP contribution in [0.5, 0.6) is 0 Å². The zero-order chi connectivity index (χ0) is 9.97. The monoisotopic (exact) mass is 189 g/mol. The van der Waals surface area contributed by atoms with Crippen LogP contribution in [0.2, 0.25) is 0 Å². The summed E-state index contributed by atoms with van der Waals surface area (Å²) >= 11 is 0. The molecule has 1 N–H and O–H groups in total. The van der Waals surface area contributed by atoms with Crippen molar-refractivity contribution in [2.75, 3.05) is 7.05 Å². The average Bonchev–Trinajstić information content (AvgIpc) is 2.27. The van der Waals surface area contributed by atoms with Gasteiger partial charge in [-0.3, -0.25) is 0 Å². The fourth-order valence-corrected chi connectivity index (χ4v) is 2.66. The van der Waals surface area contributed by atoms with Crippen LogP contribution in [-0.2, 0) is 6.42 Å². The first-order valence-corrected chi connectivity index (χ1v) is 5.62. The molecule has 0 spiro atoms. The third kappa shape index (κ3) is 1.57. The van der Waals surface area contributed by atoms with Crippen molar-refractivity contribution in [1.82, 2.24) is 5.32 Å². The van der Waals surface area contributed by atoms with Gasteiger partial charge in [-0.2, -0.15) is 0 Å². The first kappa shape index (κ1) is 9.72. The van der Waals surface area contributed by atoms with Crippen LogP contribution in [0.4, 0.5) is 0 Å². The van der Waals surface area contributed by atoms with Gasteiger partial charge in [0.15, 0.2) is 0 Å². The van der Waals surface area contributed by atoms with Crippen LogP contribution in [0.3, 0.4) is 0 Å². The summed E-state index contributed by atoms with van der Waals surface area (Å²) in [5.74, 6) is 0.815. The number of hydrogen-bond acceptors (Lipinski definition) is 1. The zero-order valence-corrected chi connectivity index (χ0v) is 9.09. The van der Waals surface area contributed by atoms with Gasteiger partial charge in [0.25, 0.3) is 0 Å². The van der Waals surface area contributed by atoms with Crippen LogP contribution in [0.25, 0.3) is 0 Å². The standard InChI is InChI=1S/C13H19N/c1-3-10-8-9-11-6-4-5-7-12(11)13(10)14-2/h4-7,10,13-14H,3,8-9H2,1-2H3. The number of benzene rings is 1. The summed E-state index contributed by atoms with van der Waals surface area (Å²) in [6.07, 6.45) is 3.87. The minimum atomic E-state index is 0.574. The Morgan fingerprint density at radius 2 is 2.14 bits per heavy atom. The summed E-state index contributed by atoms with van der Waals surface area (Å²) < 4.78 is 0. The second-order valence-corrected chi connectivity index (χ2v) is 4.17. The highest BCUT2D eigenvalue weighted by atomic mass is 14.9. The normalized spacial score (nSPS) is 25.9. The van der Waals surface area contributed by atoms with Crippen molar-refractivity contribution in [3.63, 3.8) is 0 Å². The molecule has 14 heavy (non-hydrogen) atoms. The van der Waals surface area contributed by atoms with Crippen LogP contribution in [0.1, 0.15) is 36.9 Å². The molecule has 0 radical (unpaired) electrons. The highest BCUT2D eigenvalue weighted by Gasteiger charge is 2.26. The summed E-state index contributed by atoms with van der Waals surface area (Å²) in [7, 11) is 2.08. The predicted molar refractivity (Wildman–Crippen MR) is 60.3 cm³/mol. The Labute approximate surface area is 86.5 Å². The molecule has 1 aliphatic carbocycles. The van der Waals surface area contributed by atoms with Crippen LogP contribution in [-0.4, -0.2) is 7.05 Å². The smallest absolute Gasteiger partial charge is 0.0348 e. The molecule has 0 saturated heterocycles. The van der Waals surface area contributed by atoms with Gasteiger partial charge in [-0.15, -0.1) is 0 Å².